The molecular weight excluding hydrogens is 479 g/mol. The number of ether oxygens (including phenoxy) is 1. The quantitative estimate of drug-likeness (QED) is 0.400. The molecule has 36 heavy (non-hydrogen) atoms. The summed E-state index contributed by atoms with van der Waals surface area (Å²) < 4.78 is 48.8. The smallest absolute Gasteiger partial charge is 0.436 e. The first-order valence-corrected chi connectivity index (χ1v) is 11.3. The van der Waals surface area contributed by atoms with Crippen LogP contribution in [0, 0.1) is 0 Å². The number of halogens is 3. The van der Waals surface area contributed by atoms with Gasteiger partial charge in [-0.15, -0.1) is 0 Å². The van der Waals surface area contributed by atoms with Crippen LogP contribution in [0.1, 0.15) is 36.7 Å². The fraction of sp³-hybridized carbons (Fsp3) is 0.333. The van der Waals surface area contributed by atoms with Gasteiger partial charge in [-0.05, 0) is 44.2 Å². The fourth-order valence-corrected chi connectivity index (χ4v) is 4.33. The molecule has 1 aliphatic heterocycles. The molecule has 3 heterocycles. The van der Waals surface area contributed by atoms with Gasteiger partial charge in [-0.25, -0.2) is 14.8 Å². The number of alkyl halides is 3. The van der Waals surface area contributed by atoms with Gasteiger partial charge in [-0.2, -0.15) is 13.2 Å². The van der Waals surface area contributed by atoms with E-state index in [1.165, 1.54) is 0 Å². The lowest BCUT2D eigenvalue weighted by molar-refractivity contribution is -0.206. The van der Waals surface area contributed by atoms with Crippen LogP contribution in [0.15, 0.2) is 52.9 Å². The molecule has 1 saturated heterocycles. The third-order valence-electron chi connectivity index (χ3n) is 6.17. The van der Waals surface area contributed by atoms with Gasteiger partial charge in [-0.3, -0.25) is 9.69 Å². The maximum absolute atomic E-state index is 13.1. The number of carbonyl (C=O) groups is 2. The number of esters is 1. The van der Waals surface area contributed by atoms with E-state index < -0.39 is 36.1 Å². The maximum Gasteiger partial charge on any atom is 0.490 e. The minimum atomic E-state index is -5.29. The molecular formula is C24H22F3N5O4. The summed E-state index contributed by atoms with van der Waals surface area (Å²) in [5, 5.41) is 2.72. The Morgan fingerprint density at radius 3 is 2.58 bits per heavy atom. The van der Waals surface area contributed by atoms with Gasteiger partial charge in [0.1, 0.15) is 11.3 Å². The van der Waals surface area contributed by atoms with Crippen LogP contribution in [0.4, 0.5) is 13.2 Å². The summed E-state index contributed by atoms with van der Waals surface area (Å²) in [6, 6.07) is 13.4. The van der Waals surface area contributed by atoms with Gasteiger partial charge in [0.15, 0.2) is 5.58 Å². The molecule has 0 radical (unpaired) electrons. The van der Waals surface area contributed by atoms with Crippen LogP contribution in [0.5, 0.6) is 0 Å². The minimum Gasteiger partial charge on any atom is -0.436 e. The van der Waals surface area contributed by atoms with E-state index in [1.807, 2.05) is 31.3 Å². The molecule has 3 atom stereocenters. The zero-order valence-corrected chi connectivity index (χ0v) is 19.1. The molecule has 2 aromatic heterocycles. The van der Waals surface area contributed by atoms with Gasteiger partial charge in [0.2, 0.25) is 5.89 Å². The van der Waals surface area contributed by atoms with E-state index >= 15 is 0 Å². The number of carbonyl (C=O) groups excluding carboxylic acids is 2. The Labute approximate surface area is 202 Å². The van der Waals surface area contributed by atoms with E-state index in [2.05, 4.69) is 29.9 Å². The second kappa shape index (κ2) is 9.26. The number of H-pyrrole nitrogens is 1. The summed E-state index contributed by atoms with van der Waals surface area (Å²) >= 11 is 0. The number of oxazole rings is 1. The number of para-hydroxylation sites is 4. The van der Waals surface area contributed by atoms with Crippen molar-refractivity contribution in [1.29, 1.82) is 0 Å². The molecule has 4 aromatic rings. The van der Waals surface area contributed by atoms with Crippen molar-refractivity contribution in [2.75, 3.05) is 13.6 Å². The van der Waals surface area contributed by atoms with Crippen molar-refractivity contribution in [1.82, 2.24) is 25.2 Å². The molecule has 0 aliphatic carbocycles. The molecule has 0 bridgehead atoms. The highest BCUT2D eigenvalue weighted by atomic mass is 19.4. The first-order valence-electron chi connectivity index (χ1n) is 11.3. The topological polar surface area (TPSA) is 113 Å². The van der Waals surface area contributed by atoms with E-state index in [-0.39, 0.29) is 11.6 Å². The summed E-state index contributed by atoms with van der Waals surface area (Å²) in [6.45, 7) is 0.600. The highest BCUT2D eigenvalue weighted by Gasteiger charge is 2.45. The summed E-state index contributed by atoms with van der Waals surface area (Å²) in [7, 11) is 1.93. The average molecular weight is 501 g/mol. The van der Waals surface area contributed by atoms with Crippen LogP contribution in [0.3, 0.4) is 0 Å². The van der Waals surface area contributed by atoms with E-state index in [9.17, 15) is 22.8 Å². The van der Waals surface area contributed by atoms with Crippen molar-refractivity contribution in [3.05, 3.63) is 60.2 Å². The number of benzene rings is 2. The zero-order chi connectivity index (χ0) is 25.4. The number of imidazole rings is 1. The largest absolute Gasteiger partial charge is 0.490 e. The highest BCUT2D eigenvalue weighted by molar-refractivity contribution is 5.86. The molecule has 12 heteroatoms. The Morgan fingerprint density at radius 2 is 1.86 bits per heavy atom. The van der Waals surface area contributed by atoms with Crippen molar-refractivity contribution in [2.45, 2.75) is 37.2 Å². The maximum atomic E-state index is 13.1. The molecule has 2 N–H and O–H groups in total. The standard InChI is InChI=1S/C24H22F3N5O4/c1-32-11-10-13(12-17(32)20-29-14-6-2-3-7-15(14)30-20)28-21(33)19(36-23(34)24(25,26)27)22-31-16-8-4-5-9-18(16)35-22/h2-9,13,17,19H,10-12H2,1H3,(H,28,33)(H,29,30). The number of hydrogen-bond acceptors (Lipinski definition) is 7. The first-order chi connectivity index (χ1) is 17.2. The number of aromatic nitrogens is 3. The zero-order valence-electron chi connectivity index (χ0n) is 19.1. The summed E-state index contributed by atoms with van der Waals surface area (Å²) in [5.41, 5.74) is 2.25. The SMILES string of the molecule is CN1CCC(NC(=O)C(OC(=O)C(F)(F)F)c2nc3ccccc3o2)CC1c1nc2ccccc2[nH]1. The Balaban J connectivity index is 1.37. The number of nitrogens with zero attached hydrogens (tertiary/aromatic N) is 3. The second-order valence-electron chi connectivity index (χ2n) is 8.67. The molecule has 1 amide bonds. The van der Waals surface area contributed by atoms with Crippen molar-refractivity contribution >= 4 is 34.0 Å². The predicted molar refractivity (Wildman–Crippen MR) is 122 cm³/mol. The van der Waals surface area contributed by atoms with Crippen molar-refractivity contribution in [3.63, 3.8) is 0 Å². The van der Waals surface area contributed by atoms with Crippen molar-refractivity contribution in [2.24, 2.45) is 0 Å². The Bertz CT molecular complexity index is 1350. The normalized spacial score (nSPS) is 19.9. The molecule has 1 aliphatic rings. The average Bonchev–Trinajstić information content (AvgIpc) is 3.47. The molecule has 3 unspecified atom stereocenters. The van der Waals surface area contributed by atoms with E-state index in [4.69, 9.17) is 4.42 Å². The van der Waals surface area contributed by atoms with Crippen molar-refractivity contribution < 1.29 is 31.9 Å². The molecule has 0 saturated carbocycles. The number of hydrogen-bond donors (Lipinski definition) is 2. The number of nitrogens with one attached hydrogen (secondary N) is 2. The van der Waals surface area contributed by atoms with Crippen LogP contribution in [0.2, 0.25) is 0 Å². The number of likely N-dealkylation sites (tertiary alicyclic amines) is 1. The molecule has 1 fully saturated rings. The van der Waals surface area contributed by atoms with Crippen LogP contribution >= 0.6 is 0 Å². The number of aromatic amines is 1. The second-order valence-corrected chi connectivity index (χ2v) is 8.67. The minimum absolute atomic E-state index is 0.169. The lowest BCUT2D eigenvalue weighted by atomic mass is 9.97. The lowest BCUT2D eigenvalue weighted by Gasteiger charge is -2.36. The molecule has 2 aromatic carbocycles. The molecule has 0 spiro atoms. The molecule has 9 nitrogen and oxygen atoms in total. The Morgan fingerprint density at radius 1 is 1.14 bits per heavy atom. The van der Waals surface area contributed by atoms with Gasteiger partial charge in [0.05, 0.1) is 17.1 Å². The van der Waals surface area contributed by atoms with Crippen molar-refractivity contribution in [3.8, 4) is 0 Å². The first kappa shape index (κ1) is 23.8. The summed E-state index contributed by atoms with van der Waals surface area (Å²) in [5.74, 6) is -3.17. The Hall–Kier alpha value is -3.93. The lowest BCUT2D eigenvalue weighted by Crippen LogP contribution is -2.47. The van der Waals surface area contributed by atoms with Crippen LogP contribution in [-0.2, 0) is 14.3 Å². The van der Waals surface area contributed by atoms with Gasteiger partial charge in [0.25, 0.3) is 12.0 Å². The van der Waals surface area contributed by atoms with E-state index in [0.29, 0.717) is 24.9 Å². The van der Waals surface area contributed by atoms with E-state index in [0.717, 1.165) is 16.9 Å². The number of fused-ring (bicyclic) bond motifs is 2. The summed E-state index contributed by atoms with van der Waals surface area (Å²) in [4.78, 5) is 38.8. The number of rotatable bonds is 5. The van der Waals surface area contributed by atoms with Gasteiger partial charge in [-0.1, -0.05) is 24.3 Å². The van der Waals surface area contributed by atoms with Crippen LogP contribution in [-0.4, -0.2) is 57.5 Å². The third kappa shape index (κ3) is 4.76. The highest BCUT2D eigenvalue weighted by Crippen LogP contribution is 2.31. The fourth-order valence-electron chi connectivity index (χ4n) is 4.33. The van der Waals surface area contributed by atoms with Gasteiger partial charge < -0.3 is 19.5 Å². The number of amides is 1. The number of piperidine rings is 1. The van der Waals surface area contributed by atoms with Crippen LogP contribution < -0.4 is 5.32 Å². The molecule has 5 rings (SSSR count). The predicted octanol–water partition coefficient (Wildman–Crippen LogP) is 3.80. The van der Waals surface area contributed by atoms with Gasteiger partial charge >= 0.3 is 12.1 Å². The monoisotopic (exact) mass is 501 g/mol. The van der Waals surface area contributed by atoms with Crippen LogP contribution in [0.25, 0.3) is 22.1 Å². The third-order valence-corrected chi connectivity index (χ3v) is 6.17. The van der Waals surface area contributed by atoms with E-state index in [1.54, 1.807) is 24.3 Å². The summed E-state index contributed by atoms with van der Waals surface area (Å²) in [6.07, 6.45) is -6.32. The Kier molecular flexibility index (Phi) is 6.12. The van der Waals surface area contributed by atoms with Gasteiger partial charge in [0, 0.05) is 12.6 Å². The molecule has 188 valence electrons.